The van der Waals surface area contributed by atoms with E-state index in [1.165, 1.54) is 77.0 Å². The molecule has 3 N–H and O–H groups in total. The molecule has 0 unspecified atom stereocenters. The smallest absolute Gasteiger partial charge is 0.362 e. The Hall–Kier alpha value is 0.850. The second-order valence-corrected chi connectivity index (χ2v) is 9.55. The minimum atomic E-state index is -4.60. The van der Waals surface area contributed by atoms with Crippen LogP contribution in [-0.4, -0.2) is 94.7 Å². The number of carbonyl (C=O) groups is 2. The van der Waals surface area contributed by atoms with Crippen LogP contribution in [0.15, 0.2) is 0 Å². The van der Waals surface area contributed by atoms with Gasteiger partial charge in [0.25, 0.3) is 0 Å². The molecule has 0 fully saturated rings. The van der Waals surface area contributed by atoms with Crippen LogP contribution in [-0.2, 0) is 19.9 Å². The van der Waals surface area contributed by atoms with Gasteiger partial charge >= 0.3 is 10.3 Å². The summed E-state index contributed by atoms with van der Waals surface area (Å²) in [6.07, 6.45) is 18.7. The molecule has 0 aliphatic rings. The summed E-state index contributed by atoms with van der Waals surface area (Å²) in [4.78, 5) is 22.6. The number of rotatable bonds is 21. The van der Waals surface area contributed by atoms with Gasteiger partial charge in [-0.05, 0) is 6.42 Å². The van der Waals surface area contributed by atoms with Gasteiger partial charge in [0, 0.05) is 78.5 Å². The summed E-state index contributed by atoms with van der Waals surface area (Å²) < 4.78 is 32.4. The van der Waals surface area contributed by atoms with Gasteiger partial charge in [-0.3, -0.25) is 14.1 Å². The third-order valence-electron chi connectivity index (χ3n) is 5.36. The molecule has 0 bridgehead atoms. The van der Waals surface area contributed by atoms with E-state index in [1.807, 2.05) is 0 Å². The Kier molecular flexibility index (Phi) is 29.2. The van der Waals surface area contributed by atoms with E-state index in [1.54, 1.807) is 0 Å². The van der Waals surface area contributed by atoms with Crippen LogP contribution in [0, 0.1) is 0 Å². The molecule has 0 aliphatic carbocycles. The predicted molar refractivity (Wildman–Crippen MR) is 133 cm³/mol. The van der Waals surface area contributed by atoms with Crippen molar-refractivity contribution in [2.45, 2.75) is 122 Å². The summed E-state index contributed by atoms with van der Waals surface area (Å²) in [6.45, 7) is 2.19. The van der Waals surface area contributed by atoms with Gasteiger partial charge in [0.1, 0.15) is 0 Å². The van der Waals surface area contributed by atoms with Crippen LogP contribution in [0.2, 0.25) is 0 Å². The zero-order valence-electron chi connectivity index (χ0n) is 20.9. The molecule has 0 aromatic rings. The van der Waals surface area contributed by atoms with Crippen molar-refractivity contribution in [1.82, 2.24) is 4.31 Å². The van der Waals surface area contributed by atoms with E-state index in [-0.39, 0.29) is 78.5 Å². The first-order chi connectivity index (χ1) is 14.3. The molecule has 2 amide bonds. The van der Waals surface area contributed by atoms with Gasteiger partial charge in [-0.2, -0.15) is 8.42 Å². The van der Waals surface area contributed by atoms with Crippen LogP contribution in [0.5, 0.6) is 0 Å². The number of unbranched alkanes of at least 4 members (excludes halogenated alkanes) is 15. The Morgan fingerprint density at radius 3 is 1.34 bits per heavy atom. The Labute approximate surface area is 240 Å². The molecule has 0 atom stereocenters. The topological polar surface area (TPSA) is 118 Å². The van der Waals surface area contributed by atoms with E-state index < -0.39 is 22.1 Å². The molecule has 2 radical (unpaired) electrons. The Morgan fingerprint density at radius 2 is 1.03 bits per heavy atom. The van der Waals surface area contributed by atoms with E-state index >= 15 is 0 Å². The summed E-state index contributed by atoms with van der Waals surface area (Å²) in [5, 5.41) is 0. The maximum absolute atomic E-state index is 11.9. The maximum atomic E-state index is 11.9. The number of primary amides is 1. The normalized spacial score (nSPS) is 10.8. The number of hydrogen-bond acceptors (Lipinski definition) is 4. The summed E-state index contributed by atoms with van der Waals surface area (Å²) >= 11 is 0. The van der Waals surface area contributed by atoms with Crippen molar-refractivity contribution >= 4 is 81.2 Å². The van der Waals surface area contributed by atoms with Gasteiger partial charge in [0.15, 0.2) is 0 Å². The van der Waals surface area contributed by atoms with Gasteiger partial charge in [-0.1, -0.05) is 103 Å². The fourth-order valence-corrected chi connectivity index (χ4v) is 4.24. The van der Waals surface area contributed by atoms with Crippen molar-refractivity contribution < 1.29 is 22.6 Å². The van der Waals surface area contributed by atoms with Gasteiger partial charge in [-0.25, -0.2) is 4.31 Å². The Balaban J connectivity index is -0.00000420. The molecule has 0 aliphatic heterocycles. The second-order valence-electron chi connectivity index (χ2n) is 8.21. The first-order valence-corrected chi connectivity index (χ1v) is 13.2. The number of amides is 2. The van der Waals surface area contributed by atoms with Crippen LogP contribution in [0.3, 0.4) is 0 Å². The Morgan fingerprint density at radius 1 is 0.688 bits per heavy atom. The van der Waals surface area contributed by atoms with Crippen molar-refractivity contribution in [1.29, 1.82) is 0 Å². The van der Waals surface area contributed by atoms with Crippen molar-refractivity contribution in [2.24, 2.45) is 5.73 Å². The third-order valence-corrected chi connectivity index (χ3v) is 6.30. The molecule has 10 heteroatoms. The molecule has 0 saturated carbocycles. The summed E-state index contributed by atoms with van der Waals surface area (Å²) in [6, 6.07) is 0. The van der Waals surface area contributed by atoms with E-state index in [9.17, 15) is 22.6 Å². The number of nitrogens with two attached hydrogens (primary N) is 1. The van der Waals surface area contributed by atoms with E-state index in [0.29, 0.717) is 10.7 Å². The van der Waals surface area contributed by atoms with Crippen molar-refractivity contribution in [3.63, 3.8) is 0 Å². The first kappa shape index (κ1) is 37.4. The van der Waals surface area contributed by atoms with Gasteiger partial charge in [-0.15, -0.1) is 0 Å². The fraction of sp³-hybridized carbons (Fsp3) is 0.909. The molecular formula is C22H44N2Na2O5S. The average molecular weight is 495 g/mol. The standard InChI is InChI=1S/C22H44N2O5S.2Na/c1-2-3-4-5-6-7-8-9-10-11-12-13-14-15-16-17-20-24(30(27,28)29)22(26)19-18-21(23)25;;/h2-20H2,1H3,(H2,23,25)(H,27,28,29);;. The molecule has 7 nitrogen and oxygen atoms in total. The minimum Gasteiger partial charge on any atom is -0.370 e. The van der Waals surface area contributed by atoms with Gasteiger partial charge < -0.3 is 5.73 Å². The van der Waals surface area contributed by atoms with E-state index in [2.05, 4.69) is 6.92 Å². The molecule has 0 aromatic carbocycles. The summed E-state index contributed by atoms with van der Waals surface area (Å²) in [5.41, 5.74) is 4.97. The van der Waals surface area contributed by atoms with E-state index in [0.717, 1.165) is 19.3 Å². The molecular weight excluding hydrogens is 450 g/mol. The molecule has 0 aromatic heterocycles. The van der Waals surface area contributed by atoms with Crippen molar-refractivity contribution in [2.75, 3.05) is 6.54 Å². The number of hydrogen-bond donors (Lipinski definition) is 2. The van der Waals surface area contributed by atoms with Crippen LogP contribution in [0.1, 0.15) is 122 Å². The average Bonchev–Trinajstić information content (AvgIpc) is 2.67. The predicted octanol–water partition coefficient (Wildman–Crippen LogP) is 4.38. The largest absolute Gasteiger partial charge is 0.370 e. The van der Waals surface area contributed by atoms with Crippen LogP contribution >= 0.6 is 0 Å². The zero-order valence-corrected chi connectivity index (χ0v) is 25.8. The quantitative estimate of drug-likeness (QED) is 0.139. The third kappa shape index (κ3) is 24.0. The van der Waals surface area contributed by atoms with Crippen LogP contribution in [0.4, 0.5) is 0 Å². The van der Waals surface area contributed by atoms with Crippen molar-refractivity contribution in [3.05, 3.63) is 0 Å². The van der Waals surface area contributed by atoms with Gasteiger partial charge in [0.05, 0.1) is 0 Å². The van der Waals surface area contributed by atoms with E-state index in [4.69, 9.17) is 5.73 Å². The Bertz CT molecular complexity index is 563. The first-order valence-electron chi connectivity index (χ1n) is 11.8. The molecule has 0 saturated heterocycles. The fourth-order valence-electron chi connectivity index (χ4n) is 3.53. The SMILES string of the molecule is CCCCCCCCCCCCCCCCCCN(C(=O)CCC(N)=O)S(=O)(=O)O.[Na].[Na]. The van der Waals surface area contributed by atoms with Gasteiger partial charge in [0.2, 0.25) is 11.8 Å². The molecule has 0 spiro atoms. The summed E-state index contributed by atoms with van der Waals surface area (Å²) in [5.74, 6) is -1.47. The molecule has 180 valence electrons. The zero-order chi connectivity index (χ0) is 22.7. The number of nitrogens with zero attached hydrogens (tertiary/aromatic N) is 1. The molecule has 0 rings (SSSR count). The maximum Gasteiger partial charge on any atom is 0.362 e. The monoisotopic (exact) mass is 494 g/mol. The van der Waals surface area contributed by atoms with Crippen LogP contribution < -0.4 is 5.73 Å². The number of carbonyl (C=O) groups excluding carboxylic acids is 2. The molecule has 0 heterocycles. The van der Waals surface area contributed by atoms with Crippen LogP contribution in [0.25, 0.3) is 0 Å². The minimum absolute atomic E-state index is 0. The summed E-state index contributed by atoms with van der Waals surface area (Å²) in [7, 11) is -4.60. The van der Waals surface area contributed by atoms with Crippen molar-refractivity contribution in [3.8, 4) is 0 Å². The second kappa shape index (κ2) is 25.0. The molecule has 32 heavy (non-hydrogen) atoms.